The van der Waals surface area contributed by atoms with E-state index in [0.717, 1.165) is 0 Å². The summed E-state index contributed by atoms with van der Waals surface area (Å²) in [6, 6.07) is 0. The third-order valence-corrected chi connectivity index (χ3v) is 4.82. The van der Waals surface area contributed by atoms with Gasteiger partial charge in [0.15, 0.2) is 0 Å². The normalized spacial score (nSPS) is 11.0. The van der Waals surface area contributed by atoms with Crippen LogP contribution in [-0.4, -0.2) is 0 Å². The third-order valence-electron chi connectivity index (χ3n) is 2.67. The molecule has 23 heavy (non-hydrogen) atoms. The Hall–Kier alpha value is -1.55. The number of benzene rings is 2. The molecule has 0 heterocycles. The molecule has 0 aliphatic carbocycles. The molecule has 0 fully saturated rings. The maximum atomic E-state index is 13.4. The van der Waals surface area contributed by atoms with Crippen LogP contribution in [0.1, 0.15) is 0 Å². The van der Waals surface area contributed by atoms with Crippen molar-refractivity contribution in [2.75, 3.05) is 0 Å². The molecule has 0 atom stereocenters. The molecule has 0 amide bonds. The Bertz CT molecular complexity index is 691. The Labute approximate surface area is 129 Å². The Morgan fingerprint density at radius 1 is 0.304 bits per heavy atom. The SMILES string of the molecule is Fc1c(F)c(F)[c]([Ti][c]2c(F)c(F)c(F)c(F)c2F)c(F)c1F. The maximum absolute atomic E-state index is 13.4. The van der Waals surface area contributed by atoms with Crippen LogP contribution in [0.4, 0.5) is 43.9 Å². The Morgan fingerprint density at radius 2 is 0.478 bits per heavy atom. The molecule has 0 nitrogen and oxygen atoms in total. The summed E-state index contributed by atoms with van der Waals surface area (Å²) in [4.78, 5) is 0. The molecular formula is C12F10Ti. The number of hydrogen-bond donors (Lipinski definition) is 0. The Kier molecular flexibility index (Phi) is 4.77. The Morgan fingerprint density at radius 3 is 0.696 bits per heavy atom. The quantitative estimate of drug-likeness (QED) is 0.324. The molecule has 0 saturated carbocycles. The van der Waals surface area contributed by atoms with Gasteiger partial charge >= 0.3 is 129 Å². The van der Waals surface area contributed by atoms with Gasteiger partial charge in [0.05, 0.1) is 0 Å². The fourth-order valence-electron chi connectivity index (χ4n) is 1.55. The first-order valence-electron chi connectivity index (χ1n) is 5.39. The van der Waals surface area contributed by atoms with Crippen LogP contribution in [0.2, 0.25) is 0 Å². The van der Waals surface area contributed by atoms with E-state index in [-0.39, 0.29) is 0 Å². The van der Waals surface area contributed by atoms with Crippen LogP contribution >= 0.6 is 0 Å². The fraction of sp³-hybridized carbons (Fsp3) is 0. The topological polar surface area (TPSA) is 0 Å². The molecule has 2 rings (SSSR count). The van der Waals surface area contributed by atoms with Gasteiger partial charge in [-0.25, -0.2) is 0 Å². The van der Waals surface area contributed by atoms with Gasteiger partial charge in [-0.15, -0.1) is 0 Å². The van der Waals surface area contributed by atoms with E-state index < -0.39 is 85.1 Å². The van der Waals surface area contributed by atoms with Crippen LogP contribution in [0, 0.1) is 58.2 Å². The van der Waals surface area contributed by atoms with E-state index in [1.165, 1.54) is 0 Å². The summed E-state index contributed by atoms with van der Waals surface area (Å²) in [7, 11) is 0. The second-order valence-corrected chi connectivity index (χ2v) is 5.97. The van der Waals surface area contributed by atoms with Gasteiger partial charge in [-0.1, -0.05) is 0 Å². The van der Waals surface area contributed by atoms with Crippen LogP contribution < -0.4 is 7.74 Å². The first kappa shape index (κ1) is 17.8. The van der Waals surface area contributed by atoms with E-state index in [9.17, 15) is 43.9 Å². The number of halogens is 10. The summed E-state index contributed by atoms with van der Waals surface area (Å²) in [5.41, 5.74) is 0. The minimum atomic E-state index is -3.11. The van der Waals surface area contributed by atoms with Crippen molar-refractivity contribution in [3.05, 3.63) is 58.2 Å². The molecule has 122 valence electrons. The summed E-state index contributed by atoms with van der Waals surface area (Å²) in [5.74, 6) is -24.1. The molecule has 0 radical (unpaired) electrons. The molecule has 0 unspecified atom stereocenters. The molecule has 0 aliphatic heterocycles. The van der Waals surface area contributed by atoms with Gasteiger partial charge in [-0.3, -0.25) is 0 Å². The zero-order valence-electron chi connectivity index (χ0n) is 10.3. The molecular weight excluding hydrogens is 382 g/mol. The van der Waals surface area contributed by atoms with Crippen molar-refractivity contribution in [1.29, 1.82) is 0 Å². The van der Waals surface area contributed by atoms with Crippen molar-refractivity contribution in [3.63, 3.8) is 0 Å². The van der Waals surface area contributed by atoms with Gasteiger partial charge < -0.3 is 0 Å². The molecule has 2 aromatic carbocycles. The zero-order valence-corrected chi connectivity index (χ0v) is 11.8. The summed E-state index contributed by atoms with van der Waals surface area (Å²) >= 11 is -3.11. The molecule has 11 heteroatoms. The van der Waals surface area contributed by atoms with Crippen LogP contribution in [-0.2, 0) is 19.2 Å². The van der Waals surface area contributed by atoms with Crippen LogP contribution in [0.3, 0.4) is 0 Å². The molecule has 0 spiro atoms. The van der Waals surface area contributed by atoms with Crippen molar-refractivity contribution < 1.29 is 63.1 Å². The molecule has 0 aliphatic rings. The minimum absolute atomic E-state index is 1.61. The van der Waals surface area contributed by atoms with Crippen molar-refractivity contribution in [1.82, 2.24) is 0 Å². The van der Waals surface area contributed by atoms with E-state index >= 15 is 0 Å². The van der Waals surface area contributed by atoms with Crippen molar-refractivity contribution >= 4 is 7.74 Å². The van der Waals surface area contributed by atoms with Gasteiger partial charge in [0, 0.05) is 0 Å². The summed E-state index contributed by atoms with van der Waals surface area (Å²) in [6.07, 6.45) is 0. The van der Waals surface area contributed by atoms with Gasteiger partial charge in [0.25, 0.3) is 0 Å². The Balaban J connectivity index is 2.71. The summed E-state index contributed by atoms with van der Waals surface area (Å²) in [5, 5.41) is 0. The van der Waals surface area contributed by atoms with Crippen LogP contribution in [0.5, 0.6) is 0 Å². The van der Waals surface area contributed by atoms with E-state index in [0.29, 0.717) is 0 Å². The molecule has 2 aromatic rings. The van der Waals surface area contributed by atoms with E-state index in [4.69, 9.17) is 0 Å². The van der Waals surface area contributed by atoms with E-state index in [1.54, 1.807) is 0 Å². The van der Waals surface area contributed by atoms with Crippen LogP contribution in [0.15, 0.2) is 0 Å². The molecule has 0 aromatic heterocycles. The monoisotopic (exact) mass is 382 g/mol. The van der Waals surface area contributed by atoms with Crippen molar-refractivity contribution in [2.24, 2.45) is 0 Å². The standard InChI is InChI=1S/2C6F5.Ti/c2*7-2-1-3(8)5(10)6(11)4(2)9;. The first-order chi connectivity index (χ1) is 10.6. The fourth-order valence-corrected chi connectivity index (χ4v) is 3.32. The predicted molar refractivity (Wildman–Crippen MR) is 51.7 cm³/mol. The van der Waals surface area contributed by atoms with Crippen molar-refractivity contribution in [2.45, 2.75) is 0 Å². The first-order valence-corrected chi connectivity index (χ1v) is 6.95. The number of hydrogen-bond acceptors (Lipinski definition) is 0. The second-order valence-electron chi connectivity index (χ2n) is 4.01. The van der Waals surface area contributed by atoms with Gasteiger partial charge in [-0.05, 0) is 0 Å². The zero-order chi connectivity index (χ0) is 17.6. The molecule has 0 N–H and O–H groups in total. The van der Waals surface area contributed by atoms with Crippen LogP contribution in [0.25, 0.3) is 0 Å². The van der Waals surface area contributed by atoms with Gasteiger partial charge in [-0.2, -0.15) is 0 Å². The second kappa shape index (κ2) is 6.16. The molecule has 0 bridgehead atoms. The van der Waals surface area contributed by atoms with E-state index in [2.05, 4.69) is 0 Å². The number of rotatable bonds is 2. The molecule has 0 saturated heterocycles. The van der Waals surface area contributed by atoms with Gasteiger partial charge in [0.2, 0.25) is 0 Å². The van der Waals surface area contributed by atoms with E-state index in [1.807, 2.05) is 0 Å². The summed E-state index contributed by atoms with van der Waals surface area (Å²) < 4.78 is 128. The summed E-state index contributed by atoms with van der Waals surface area (Å²) in [6.45, 7) is 0. The van der Waals surface area contributed by atoms with Crippen molar-refractivity contribution in [3.8, 4) is 0 Å². The average Bonchev–Trinajstić information content (AvgIpc) is 2.54. The third kappa shape index (κ3) is 2.74. The van der Waals surface area contributed by atoms with Gasteiger partial charge in [0.1, 0.15) is 0 Å². The average molecular weight is 382 g/mol. The predicted octanol–water partition coefficient (Wildman–Crippen LogP) is 3.11.